The second kappa shape index (κ2) is 7.44. The van der Waals surface area contributed by atoms with E-state index in [0.29, 0.717) is 0 Å². The average Bonchev–Trinajstić information content (AvgIpc) is 3.25. The summed E-state index contributed by atoms with van der Waals surface area (Å²) >= 11 is 0. The molecule has 0 aromatic heterocycles. The van der Waals surface area contributed by atoms with Crippen LogP contribution in [0.1, 0.15) is 45.1 Å². The molecule has 1 aromatic carbocycles. The molecule has 1 saturated carbocycles. The third-order valence-electron chi connectivity index (χ3n) is 4.13. The highest BCUT2D eigenvalue weighted by Crippen LogP contribution is 2.40. The van der Waals surface area contributed by atoms with E-state index in [-0.39, 0.29) is 35.8 Å². The molecule has 4 atom stereocenters. The number of halogens is 1. The van der Waals surface area contributed by atoms with Gasteiger partial charge in [-0.1, -0.05) is 19.1 Å². The van der Waals surface area contributed by atoms with Crippen molar-refractivity contribution in [1.82, 2.24) is 16.0 Å². The van der Waals surface area contributed by atoms with Gasteiger partial charge in [-0.3, -0.25) is 4.79 Å². The van der Waals surface area contributed by atoms with Crippen molar-refractivity contribution in [3.05, 3.63) is 35.6 Å². The fraction of sp³-hybridized carbons (Fsp3) is 0.529. The fourth-order valence-electron chi connectivity index (χ4n) is 2.40. The molecule has 0 bridgehead atoms. The maximum atomic E-state index is 13.2. The maximum Gasteiger partial charge on any atom is 0.315 e. The van der Waals surface area contributed by atoms with E-state index in [9.17, 15) is 14.0 Å². The predicted molar refractivity (Wildman–Crippen MR) is 86.6 cm³/mol. The van der Waals surface area contributed by atoms with E-state index < -0.39 is 6.04 Å². The van der Waals surface area contributed by atoms with Crippen LogP contribution >= 0.6 is 0 Å². The summed E-state index contributed by atoms with van der Waals surface area (Å²) in [5.41, 5.74) is 0.887. The molecule has 126 valence electrons. The highest BCUT2D eigenvalue weighted by molar-refractivity contribution is 5.87. The molecule has 0 spiro atoms. The number of carbonyl (C=O) groups excluding carboxylic acids is 2. The molecule has 6 heteroatoms. The average molecular weight is 321 g/mol. The first-order chi connectivity index (χ1) is 10.9. The van der Waals surface area contributed by atoms with E-state index in [2.05, 4.69) is 16.0 Å². The van der Waals surface area contributed by atoms with Crippen molar-refractivity contribution in [2.75, 3.05) is 0 Å². The zero-order chi connectivity index (χ0) is 17.0. The molecule has 2 rings (SSSR count). The summed E-state index contributed by atoms with van der Waals surface area (Å²) in [6, 6.07) is 5.51. The van der Waals surface area contributed by atoms with Gasteiger partial charge < -0.3 is 16.0 Å². The van der Waals surface area contributed by atoms with Crippen molar-refractivity contribution >= 4 is 11.9 Å². The lowest BCUT2D eigenvalue weighted by molar-refractivity contribution is -0.123. The first-order valence-electron chi connectivity index (χ1n) is 8.03. The van der Waals surface area contributed by atoms with Crippen LogP contribution in [0.25, 0.3) is 0 Å². The fourth-order valence-corrected chi connectivity index (χ4v) is 2.40. The second-order valence-corrected chi connectivity index (χ2v) is 6.16. The molecule has 0 aliphatic heterocycles. The third kappa shape index (κ3) is 4.94. The van der Waals surface area contributed by atoms with E-state index in [4.69, 9.17) is 0 Å². The van der Waals surface area contributed by atoms with Crippen molar-refractivity contribution in [2.24, 2.45) is 0 Å². The van der Waals surface area contributed by atoms with Gasteiger partial charge in [-0.25, -0.2) is 9.18 Å². The largest absolute Gasteiger partial charge is 0.352 e. The summed E-state index contributed by atoms with van der Waals surface area (Å²) in [7, 11) is 0. The number of amides is 3. The molecule has 0 saturated heterocycles. The Kier molecular flexibility index (Phi) is 5.58. The summed E-state index contributed by atoms with van der Waals surface area (Å²) in [4.78, 5) is 23.8. The summed E-state index contributed by atoms with van der Waals surface area (Å²) < 4.78 is 13.2. The number of urea groups is 1. The van der Waals surface area contributed by atoms with Crippen LogP contribution in [0.5, 0.6) is 0 Å². The smallest absolute Gasteiger partial charge is 0.315 e. The molecule has 0 heterocycles. The number of benzene rings is 1. The van der Waals surface area contributed by atoms with Crippen LogP contribution in [0.15, 0.2) is 24.3 Å². The van der Waals surface area contributed by atoms with Crippen molar-refractivity contribution in [1.29, 1.82) is 0 Å². The van der Waals surface area contributed by atoms with Crippen LogP contribution in [0, 0.1) is 5.82 Å². The lowest BCUT2D eigenvalue weighted by atomic mass is 10.1. The molecular weight excluding hydrogens is 297 g/mol. The van der Waals surface area contributed by atoms with Gasteiger partial charge in [0.25, 0.3) is 0 Å². The van der Waals surface area contributed by atoms with Gasteiger partial charge in [-0.2, -0.15) is 0 Å². The Bertz CT molecular complexity index is 579. The lowest BCUT2D eigenvalue weighted by Gasteiger charge is -2.17. The van der Waals surface area contributed by atoms with Gasteiger partial charge in [0.05, 0.1) is 0 Å². The molecule has 23 heavy (non-hydrogen) atoms. The quantitative estimate of drug-likeness (QED) is 0.752. The molecular formula is C17H24FN3O2. The van der Waals surface area contributed by atoms with Gasteiger partial charge in [0, 0.05) is 18.0 Å². The SMILES string of the molecule is CC[C@H](C)NC(=O)[C@H](C)NC(=O)N[C@@H]1C[C@@H]1c1cccc(F)c1. The maximum absolute atomic E-state index is 13.2. The Morgan fingerprint density at radius 3 is 2.70 bits per heavy atom. The third-order valence-corrected chi connectivity index (χ3v) is 4.13. The Balaban J connectivity index is 1.77. The van der Waals surface area contributed by atoms with Gasteiger partial charge in [-0.15, -0.1) is 0 Å². The number of rotatable bonds is 6. The molecule has 0 radical (unpaired) electrons. The van der Waals surface area contributed by atoms with Gasteiger partial charge >= 0.3 is 6.03 Å². The Hall–Kier alpha value is -2.11. The molecule has 3 amide bonds. The summed E-state index contributed by atoms with van der Waals surface area (Å²) in [5, 5.41) is 8.27. The minimum absolute atomic E-state index is 0.0124. The predicted octanol–water partition coefficient (Wildman–Crippen LogP) is 2.28. The first-order valence-corrected chi connectivity index (χ1v) is 8.03. The van der Waals surface area contributed by atoms with E-state index in [1.54, 1.807) is 13.0 Å². The summed E-state index contributed by atoms with van der Waals surface area (Å²) in [6.07, 6.45) is 1.62. The van der Waals surface area contributed by atoms with Crippen LogP contribution in [-0.2, 0) is 4.79 Å². The van der Waals surface area contributed by atoms with Gasteiger partial charge in [0.15, 0.2) is 0 Å². The van der Waals surface area contributed by atoms with Crippen molar-refractivity contribution < 1.29 is 14.0 Å². The highest BCUT2D eigenvalue weighted by Gasteiger charge is 2.39. The van der Waals surface area contributed by atoms with E-state index >= 15 is 0 Å². The standard InChI is InChI=1S/C17H24FN3O2/c1-4-10(2)19-16(22)11(3)20-17(23)21-15-9-14(15)12-6-5-7-13(18)8-12/h5-8,10-11,14-15H,4,9H2,1-3H3,(H,19,22)(H2,20,21,23)/t10-,11-,14+,15+/m0/s1. The zero-order valence-electron chi connectivity index (χ0n) is 13.7. The van der Waals surface area contributed by atoms with Crippen LogP contribution < -0.4 is 16.0 Å². The van der Waals surface area contributed by atoms with E-state index in [1.165, 1.54) is 12.1 Å². The van der Waals surface area contributed by atoms with Crippen LogP contribution in [0.4, 0.5) is 9.18 Å². The molecule has 1 fully saturated rings. The summed E-state index contributed by atoms with van der Waals surface area (Å²) in [5.74, 6) is -0.333. The Morgan fingerprint density at radius 1 is 1.30 bits per heavy atom. The molecule has 5 nitrogen and oxygen atoms in total. The normalized spacial score (nSPS) is 21.9. The molecule has 0 unspecified atom stereocenters. The lowest BCUT2D eigenvalue weighted by Crippen LogP contribution is -2.50. The number of hydrogen-bond acceptors (Lipinski definition) is 2. The van der Waals surface area contributed by atoms with Crippen molar-refractivity contribution in [2.45, 2.75) is 57.7 Å². The zero-order valence-corrected chi connectivity index (χ0v) is 13.7. The van der Waals surface area contributed by atoms with Crippen LogP contribution in [-0.4, -0.2) is 30.1 Å². The Labute approximate surface area is 136 Å². The number of nitrogens with one attached hydrogen (secondary N) is 3. The molecule has 1 aliphatic rings. The van der Waals surface area contributed by atoms with Gasteiger partial charge in [0.1, 0.15) is 11.9 Å². The minimum atomic E-state index is -0.602. The van der Waals surface area contributed by atoms with E-state index in [0.717, 1.165) is 18.4 Å². The monoisotopic (exact) mass is 321 g/mol. The molecule has 3 N–H and O–H groups in total. The topological polar surface area (TPSA) is 70.2 Å². The van der Waals surface area contributed by atoms with Crippen molar-refractivity contribution in [3.8, 4) is 0 Å². The van der Waals surface area contributed by atoms with Crippen LogP contribution in [0.3, 0.4) is 0 Å². The molecule has 1 aliphatic carbocycles. The summed E-state index contributed by atoms with van der Waals surface area (Å²) in [6.45, 7) is 5.54. The van der Waals surface area contributed by atoms with Crippen LogP contribution in [0.2, 0.25) is 0 Å². The van der Waals surface area contributed by atoms with Gasteiger partial charge in [-0.05, 0) is 44.4 Å². The minimum Gasteiger partial charge on any atom is -0.352 e. The Morgan fingerprint density at radius 2 is 2.04 bits per heavy atom. The molecule has 1 aromatic rings. The van der Waals surface area contributed by atoms with Crippen molar-refractivity contribution in [3.63, 3.8) is 0 Å². The number of carbonyl (C=O) groups is 2. The first kappa shape index (κ1) is 17.2. The van der Waals surface area contributed by atoms with E-state index in [1.807, 2.05) is 19.9 Å². The van der Waals surface area contributed by atoms with Gasteiger partial charge in [0.2, 0.25) is 5.91 Å². The number of hydrogen-bond donors (Lipinski definition) is 3. The highest BCUT2D eigenvalue weighted by atomic mass is 19.1. The second-order valence-electron chi connectivity index (χ2n) is 6.16.